The van der Waals surface area contributed by atoms with E-state index in [1.807, 2.05) is 0 Å². The van der Waals surface area contributed by atoms with Gasteiger partial charge in [0, 0.05) is 18.6 Å². The van der Waals surface area contributed by atoms with E-state index in [1.165, 1.54) is 19.1 Å². The Bertz CT molecular complexity index is 1020. The number of carbonyl (C=O) groups excluding carboxylic acids is 3. The summed E-state index contributed by atoms with van der Waals surface area (Å²) < 4.78 is 0. The number of nitrogens with two attached hydrogens (primary N) is 1. The molecule has 2 rings (SSSR count). The molecule has 0 aromatic heterocycles. The maximum Gasteiger partial charge on any atom is 0.326 e. The molecular weight excluding hydrogens is 472 g/mol. The molecule has 0 aliphatic carbocycles. The van der Waals surface area contributed by atoms with Crippen molar-refractivity contribution in [2.45, 2.75) is 43.9 Å². The highest BCUT2D eigenvalue weighted by molar-refractivity contribution is 7.80. The number of carbonyl (C=O) groups is 4. The predicted molar refractivity (Wildman–Crippen MR) is 133 cm³/mol. The molecule has 7 N–H and O–H groups in total. The molecule has 11 heteroatoms. The number of benzene rings is 2. The topological polar surface area (TPSA) is 171 Å². The minimum atomic E-state index is -1.21. The van der Waals surface area contributed by atoms with Crippen molar-refractivity contribution in [1.82, 2.24) is 16.0 Å². The number of phenolic OH excluding ortho intramolecular Hbond substituents is 1. The van der Waals surface area contributed by atoms with Crippen LogP contribution in [-0.4, -0.2) is 63.8 Å². The average molecular weight is 503 g/mol. The van der Waals surface area contributed by atoms with Gasteiger partial charge in [0.1, 0.15) is 23.9 Å². The summed E-state index contributed by atoms with van der Waals surface area (Å²) in [5.74, 6) is -3.04. The molecule has 2 aromatic rings. The third-order valence-corrected chi connectivity index (χ3v) is 5.59. The monoisotopic (exact) mass is 502 g/mol. The maximum absolute atomic E-state index is 13.0. The molecule has 0 aliphatic rings. The van der Waals surface area contributed by atoms with E-state index in [0.717, 1.165) is 5.56 Å². The van der Waals surface area contributed by atoms with Gasteiger partial charge in [-0.05, 0) is 30.2 Å². The van der Waals surface area contributed by atoms with Gasteiger partial charge < -0.3 is 31.9 Å². The molecule has 0 fully saturated rings. The highest BCUT2D eigenvalue weighted by atomic mass is 32.1. The fraction of sp³-hybridized carbons (Fsp3) is 0.333. The molecular formula is C24H30N4O6S. The molecule has 4 atom stereocenters. The van der Waals surface area contributed by atoms with Crippen LogP contribution in [0.3, 0.4) is 0 Å². The Hall–Kier alpha value is -3.57. The number of amides is 3. The number of hydrogen-bond acceptors (Lipinski definition) is 7. The van der Waals surface area contributed by atoms with E-state index < -0.39 is 47.9 Å². The summed E-state index contributed by atoms with van der Waals surface area (Å²) in [6.45, 7) is 1.41. The molecule has 0 saturated carbocycles. The minimum absolute atomic E-state index is 0.0460. The SMILES string of the molecule is CC(NC(=O)C(Cc1ccc(O)cc1)NC(=O)C(N)CS)C(=O)NC(Cc1ccccc1)C(=O)O. The summed E-state index contributed by atoms with van der Waals surface area (Å²) in [4.78, 5) is 49.5. The van der Waals surface area contributed by atoms with Crippen molar-refractivity contribution in [2.75, 3.05) is 5.75 Å². The molecule has 0 saturated heterocycles. The third-order valence-electron chi connectivity index (χ3n) is 5.19. The highest BCUT2D eigenvalue weighted by Gasteiger charge is 2.28. The van der Waals surface area contributed by atoms with Crippen molar-refractivity contribution in [2.24, 2.45) is 5.73 Å². The van der Waals surface area contributed by atoms with Crippen molar-refractivity contribution in [3.63, 3.8) is 0 Å². The van der Waals surface area contributed by atoms with Crippen LogP contribution in [0.5, 0.6) is 5.75 Å². The van der Waals surface area contributed by atoms with Crippen molar-refractivity contribution in [3.8, 4) is 5.75 Å². The lowest BCUT2D eigenvalue weighted by atomic mass is 10.0. The van der Waals surface area contributed by atoms with Crippen molar-refractivity contribution in [3.05, 3.63) is 65.7 Å². The number of aliphatic carboxylic acids is 1. The standard InChI is InChI=1S/C24H30N4O6S/c1-14(21(30)28-20(24(33)34)12-15-5-3-2-4-6-15)26-23(32)19(27-22(31)18(25)13-35)11-16-7-9-17(29)10-8-16/h2-10,14,18-20,29,35H,11-13,25H2,1H3,(H,26,32)(H,27,31)(H,28,30)(H,33,34). The molecule has 0 radical (unpaired) electrons. The third kappa shape index (κ3) is 8.95. The zero-order valence-corrected chi connectivity index (χ0v) is 20.1. The first-order valence-electron chi connectivity index (χ1n) is 10.9. The fourth-order valence-corrected chi connectivity index (χ4v) is 3.33. The highest BCUT2D eigenvalue weighted by Crippen LogP contribution is 2.12. The minimum Gasteiger partial charge on any atom is -0.508 e. The molecule has 4 unspecified atom stereocenters. The fourth-order valence-electron chi connectivity index (χ4n) is 3.16. The number of phenols is 1. The van der Waals surface area contributed by atoms with E-state index in [1.54, 1.807) is 42.5 Å². The molecule has 0 bridgehead atoms. The Morgan fingerprint density at radius 2 is 1.37 bits per heavy atom. The van der Waals surface area contributed by atoms with Gasteiger partial charge in [-0.25, -0.2) is 4.79 Å². The van der Waals surface area contributed by atoms with Crippen LogP contribution in [-0.2, 0) is 32.0 Å². The maximum atomic E-state index is 13.0. The van der Waals surface area contributed by atoms with Crippen molar-refractivity contribution >= 4 is 36.3 Å². The van der Waals surface area contributed by atoms with E-state index in [-0.39, 0.29) is 24.3 Å². The quantitative estimate of drug-likeness (QED) is 0.200. The number of rotatable bonds is 12. The summed E-state index contributed by atoms with van der Waals surface area (Å²) in [5, 5.41) is 26.5. The molecule has 0 spiro atoms. The summed E-state index contributed by atoms with van der Waals surface area (Å²) >= 11 is 3.99. The van der Waals surface area contributed by atoms with Crippen LogP contribution in [0.25, 0.3) is 0 Å². The zero-order valence-electron chi connectivity index (χ0n) is 19.2. The molecule has 188 valence electrons. The van der Waals surface area contributed by atoms with Gasteiger partial charge in [-0.2, -0.15) is 12.6 Å². The molecule has 0 heterocycles. The first kappa shape index (κ1) is 27.7. The molecule has 3 amide bonds. The van der Waals surface area contributed by atoms with Crippen LogP contribution in [0.15, 0.2) is 54.6 Å². The largest absolute Gasteiger partial charge is 0.508 e. The number of thiol groups is 1. The van der Waals surface area contributed by atoms with Gasteiger partial charge in [0.05, 0.1) is 6.04 Å². The van der Waals surface area contributed by atoms with Crippen LogP contribution in [0.4, 0.5) is 0 Å². The zero-order chi connectivity index (χ0) is 26.0. The Labute approximate surface area is 208 Å². The van der Waals surface area contributed by atoms with Crippen LogP contribution >= 0.6 is 12.6 Å². The summed E-state index contributed by atoms with van der Waals surface area (Å²) in [6.07, 6.45) is 0.140. The smallest absolute Gasteiger partial charge is 0.326 e. The molecule has 10 nitrogen and oxygen atoms in total. The molecule has 2 aromatic carbocycles. The van der Waals surface area contributed by atoms with Crippen LogP contribution in [0, 0.1) is 0 Å². The van der Waals surface area contributed by atoms with Gasteiger partial charge >= 0.3 is 5.97 Å². The van der Waals surface area contributed by atoms with Crippen molar-refractivity contribution < 1.29 is 29.4 Å². The lowest BCUT2D eigenvalue weighted by molar-refractivity contribution is -0.142. The van der Waals surface area contributed by atoms with Gasteiger partial charge in [-0.1, -0.05) is 42.5 Å². The first-order valence-corrected chi connectivity index (χ1v) is 11.6. The Morgan fingerprint density at radius 3 is 1.94 bits per heavy atom. The van der Waals surface area contributed by atoms with Crippen LogP contribution in [0.2, 0.25) is 0 Å². The Balaban J connectivity index is 2.07. The summed E-state index contributed by atoms with van der Waals surface area (Å²) in [6, 6.07) is 10.6. The summed E-state index contributed by atoms with van der Waals surface area (Å²) in [5.41, 5.74) is 7.08. The molecule has 0 aliphatic heterocycles. The summed E-state index contributed by atoms with van der Waals surface area (Å²) in [7, 11) is 0. The normalized spacial score (nSPS) is 14.1. The van der Waals surface area contributed by atoms with Crippen molar-refractivity contribution in [1.29, 1.82) is 0 Å². The van der Waals surface area contributed by atoms with E-state index in [2.05, 4.69) is 28.6 Å². The second-order valence-corrected chi connectivity index (χ2v) is 8.41. The van der Waals surface area contributed by atoms with E-state index >= 15 is 0 Å². The molecule has 35 heavy (non-hydrogen) atoms. The van der Waals surface area contributed by atoms with Gasteiger partial charge in [0.2, 0.25) is 17.7 Å². The van der Waals surface area contributed by atoms with E-state index in [0.29, 0.717) is 5.56 Å². The van der Waals surface area contributed by atoms with Crippen LogP contribution < -0.4 is 21.7 Å². The second-order valence-electron chi connectivity index (χ2n) is 8.04. The predicted octanol–water partition coefficient (Wildman–Crippen LogP) is -0.00660. The number of aromatic hydroxyl groups is 1. The average Bonchev–Trinajstić information content (AvgIpc) is 2.84. The van der Waals surface area contributed by atoms with Gasteiger partial charge in [-0.3, -0.25) is 14.4 Å². The number of carboxylic acids is 1. The Kier molecular flexibility index (Phi) is 10.6. The van der Waals surface area contributed by atoms with E-state index in [9.17, 15) is 29.4 Å². The van der Waals surface area contributed by atoms with Gasteiger partial charge in [-0.15, -0.1) is 0 Å². The number of hydrogen-bond donors (Lipinski definition) is 7. The second kappa shape index (κ2) is 13.4. The number of carboxylic acid groups (broad SMARTS) is 1. The Morgan fingerprint density at radius 1 is 0.829 bits per heavy atom. The van der Waals surface area contributed by atoms with E-state index in [4.69, 9.17) is 5.73 Å². The van der Waals surface area contributed by atoms with Gasteiger partial charge in [0.25, 0.3) is 0 Å². The van der Waals surface area contributed by atoms with Crippen LogP contribution in [0.1, 0.15) is 18.1 Å². The first-order chi connectivity index (χ1) is 16.6. The van der Waals surface area contributed by atoms with Gasteiger partial charge in [0.15, 0.2) is 0 Å². The lowest BCUT2D eigenvalue weighted by Gasteiger charge is -2.23. The number of nitrogens with one attached hydrogen (secondary N) is 3. The lowest BCUT2D eigenvalue weighted by Crippen LogP contribution is -2.57.